The Bertz CT molecular complexity index is 577. The molecule has 0 bridgehead atoms. The highest BCUT2D eigenvalue weighted by atomic mass is 19.4. The maximum Gasteiger partial charge on any atom is 0.422 e. The Morgan fingerprint density at radius 1 is 1.28 bits per heavy atom. The van der Waals surface area contributed by atoms with Crippen LogP contribution in [-0.4, -0.2) is 16.2 Å². The second-order valence-corrected chi connectivity index (χ2v) is 3.22. The van der Waals surface area contributed by atoms with Crippen LogP contribution in [0.3, 0.4) is 0 Å². The van der Waals surface area contributed by atoms with Crippen molar-refractivity contribution in [2.75, 3.05) is 0 Å². The van der Waals surface area contributed by atoms with Crippen LogP contribution in [0, 0.1) is 0 Å². The van der Waals surface area contributed by atoms with E-state index in [1.165, 1.54) is 24.4 Å². The van der Waals surface area contributed by atoms with E-state index in [1.54, 1.807) is 0 Å². The fourth-order valence-corrected chi connectivity index (χ4v) is 1.36. The number of aromatic nitrogens is 2. The van der Waals surface area contributed by atoms with Gasteiger partial charge in [0, 0.05) is 6.20 Å². The van der Waals surface area contributed by atoms with Gasteiger partial charge in [-0.05, 0) is 12.1 Å². The Balaban J connectivity index is 2.67. The third kappa shape index (κ3) is 2.08. The molecule has 0 unspecified atom stereocenters. The van der Waals surface area contributed by atoms with Gasteiger partial charge in [0.2, 0.25) is 0 Å². The number of hydrogen-bond donors (Lipinski definition) is 0. The second-order valence-electron chi connectivity index (χ2n) is 3.22. The molecule has 0 atom stereocenters. The van der Waals surface area contributed by atoms with Gasteiger partial charge in [0.05, 0.1) is 0 Å². The van der Waals surface area contributed by atoms with E-state index >= 15 is 0 Å². The number of alkyl halides is 3. The summed E-state index contributed by atoms with van der Waals surface area (Å²) >= 11 is 0. The lowest BCUT2D eigenvalue weighted by Gasteiger charge is -2.05. The first-order valence-electron chi connectivity index (χ1n) is 4.59. The quantitative estimate of drug-likeness (QED) is 0.615. The Morgan fingerprint density at radius 3 is 2.50 bits per heavy atom. The van der Waals surface area contributed by atoms with Gasteiger partial charge in [0.25, 0.3) is 0 Å². The lowest BCUT2D eigenvalue weighted by Crippen LogP contribution is -2.11. The maximum absolute atomic E-state index is 12.7. The van der Waals surface area contributed by atoms with Gasteiger partial charge in [0.15, 0.2) is 11.5 Å². The first-order chi connectivity index (χ1) is 8.41. The highest BCUT2D eigenvalue weighted by Gasteiger charge is 2.43. The standard InChI is InChI=1S/C10H4F4N2O2/c11-9(17)7-6(10(12,13)14)8(18-16-7)5-3-1-2-4-15-5/h1-4H. The monoisotopic (exact) mass is 260 g/mol. The average molecular weight is 260 g/mol. The number of pyridine rings is 1. The summed E-state index contributed by atoms with van der Waals surface area (Å²) in [5.41, 5.74) is -3.15. The van der Waals surface area contributed by atoms with Crippen LogP contribution in [0.2, 0.25) is 0 Å². The number of rotatable bonds is 2. The largest absolute Gasteiger partial charge is 0.422 e. The van der Waals surface area contributed by atoms with E-state index in [4.69, 9.17) is 0 Å². The van der Waals surface area contributed by atoms with Crippen LogP contribution < -0.4 is 0 Å². The number of halogens is 4. The number of hydrogen-bond acceptors (Lipinski definition) is 4. The van der Waals surface area contributed by atoms with Crippen molar-refractivity contribution < 1.29 is 26.9 Å². The predicted molar refractivity (Wildman–Crippen MR) is 50.2 cm³/mol. The molecule has 0 spiro atoms. The first kappa shape index (κ1) is 12.2. The van der Waals surface area contributed by atoms with Crippen molar-refractivity contribution in [3.8, 4) is 11.5 Å². The molecule has 2 aromatic heterocycles. The van der Waals surface area contributed by atoms with Gasteiger partial charge in [-0.15, -0.1) is 0 Å². The van der Waals surface area contributed by atoms with Crippen molar-refractivity contribution in [3.63, 3.8) is 0 Å². The van der Waals surface area contributed by atoms with E-state index in [2.05, 4.69) is 14.7 Å². The summed E-state index contributed by atoms with van der Waals surface area (Å²) in [6.07, 6.45) is -3.74. The SMILES string of the molecule is O=C(F)c1noc(-c2ccccn2)c1C(F)(F)F. The smallest absolute Gasteiger partial charge is 0.353 e. The molecule has 0 saturated carbocycles. The zero-order valence-corrected chi connectivity index (χ0v) is 8.53. The molecule has 4 nitrogen and oxygen atoms in total. The molecule has 2 aromatic rings. The van der Waals surface area contributed by atoms with Gasteiger partial charge in [-0.25, -0.2) is 0 Å². The minimum absolute atomic E-state index is 0.190. The molecule has 94 valence electrons. The van der Waals surface area contributed by atoms with Crippen molar-refractivity contribution in [1.29, 1.82) is 0 Å². The van der Waals surface area contributed by atoms with Crippen LogP contribution in [-0.2, 0) is 6.18 Å². The summed E-state index contributed by atoms with van der Waals surface area (Å²) in [4.78, 5) is 14.1. The van der Waals surface area contributed by atoms with E-state index < -0.39 is 29.2 Å². The van der Waals surface area contributed by atoms with Crippen molar-refractivity contribution in [1.82, 2.24) is 10.1 Å². The minimum Gasteiger partial charge on any atom is -0.353 e. The van der Waals surface area contributed by atoms with Gasteiger partial charge in [0.1, 0.15) is 11.3 Å². The summed E-state index contributed by atoms with van der Waals surface area (Å²) in [5, 5.41) is 2.80. The van der Waals surface area contributed by atoms with Gasteiger partial charge >= 0.3 is 12.2 Å². The van der Waals surface area contributed by atoms with E-state index in [1.807, 2.05) is 0 Å². The summed E-state index contributed by atoms with van der Waals surface area (Å²) in [5.74, 6) is -0.788. The average Bonchev–Trinajstić information content (AvgIpc) is 2.74. The van der Waals surface area contributed by atoms with Crippen molar-refractivity contribution >= 4 is 6.04 Å². The lowest BCUT2D eigenvalue weighted by molar-refractivity contribution is -0.137. The van der Waals surface area contributed by atoms with E-state index in [0.29, 0.717) is 0 Å². The molecule has 0 amide bonds. The predicted octanol–water partition coefficient (Wildman–Crippen LogP) is 2.87. The van der Waals surface area contributed by atoms with E-state index in [-0.39, 0.29) is 5.69 Å². The summed E-state index contributed by atoms with van der Waals surface area (Å²) < 4.78 is 55.1. The summed E-state index contributed by atoms with van der Waals surface area (Å²) in [6, 6.07) is 1.81. The first-order valence-corrected chi connectivity index (χ1v) is 4.59. The third-order valence-electron chi connectivity index (χ3n) is 2.06. The molecule has 0 radical (unpaired) electrons. The van der Waals surface area contributed by atoms with Crippen molar-refractivity contribution in [3.05, 3.63) is 35.7 Å². The molecular formula is C10H4F4N2O2. The zero-order chi connectivity index (χ0) is 13.3. The van der Waals surface area contributed by atoms with Crippen molar-refractivity contribution in [2.24, 2.45) is 0 Å². The molecule has 0 aliphatic heterocycles. The lowest BCUT2D eigenvalue weighted by atomic mass is 10.1. The zero-order valence-electron chi connectivity index (χ0n) is 8.53. The Morgan fingerprint density at radius 2 is 2.00 bits per heavy atom. The normalized spacial score (nSPS) is 11.6. The molecule has 0 N–H and O–H groups in total. The molecule has 0 aliphatic rings. The van der Waals surface area contributed by atoms with Gasteiger partial charge in [-0.2, -0.15) is 17.6 Å². The Labute approximate surface area is 97.2 Å². The topological polar surface area (TPSA) is 56.0 Å². The molecular weight excluding hydrogens is 256 g/mol. The molecule has 8 heteroatoms. The van der Waals surface area contributed by atoms with Crippen LogP contribution in [0.15, 0.2) is 28.9 Å². The number of carbonyl (C=O) groups is 1. The molecule has 18 heavy (non-hydrogen) atoms. The van der Waals surface area contributed by atoms with Crippen LogP contribution in [0.5, 0.6) is 0 Å². The van der Waals surface area contributed by atoms with Crippen LogP contribution in [0.1, 0.15) is 16.1 Å². The molecule has 0 aliphatic carbocycles. The summed E-state index contributed by atoms with van der Waals surface area (Å²) in [7, 11) is 0. The highest BCUT2D eigenvalue weighted by molar-refractivity contribution is 5.89. The number of carbonyl (C=O) groups excluding carboxylic acids is 1. The van der Waals surface area contributed by atoms with Gasteiger partial charge in [-0.3, -0.25) is 9.78 Å². The molecule has 0 saturated heterocycles. The third-order valence-corrected chi connectivity index (χ3v) is 2.06. The molecule has 0 aromatic carbocycles. The van der Waals surface area contributed by atoms with E-state index in [9.17, 15) is 22.4 Å². The maximum atomic E-state index is 12.7. The van der Waals surface area contributed by atoms with Crippen LogP contribution >= 0.6 is 0 Å². The highest BCUT2D eigenvalue weighted by Crippen LogP contribution is 2.39. The molecule has 2 rings (SSSR count). The van der Waals surface area contributed by atoms with Gasteiger partial charge in [-0.1, -0.05) is 11.2 Å². The molecule has 2 heterocycles. The van der Waals surface area contributed by atoms with Crippen LogP contribution in [0.4, 0.5) is 17.6 Å². The summed E-state index contributed by atoms with van der Waals surface area (Å²) in [6.45, 7) is 0. The fraction of sp³-hybridized carbons (Fsp3) is 0.100. The number of nitrogens with zero attached hydrogens (tertiary/aromatic N) is 2. The van der Waals surface area contributed by atoms with Gasteiger partial charge < -0.3 is 4.52 Å². The molecule has 0 fully saturated rings. The second kappa shape index (κ2) is 4.21. The Kier molecular flexibility index (Phi) is 2.85. The fourth-order valence-electron chi connectivity index (χ4n) is 1.36. The van der Waals surface area contributed by atoms with E-state index in [0.717, 1.165) is 0 Å². The Hall–Kier alpha value is -2.25. The minimum atomic E-state index is -4.97. The van der Waals surface area contributed by atoms with Crippen LogP contribution in [0.25, 0.3) is 11.5 Å². The van der Waals surface area contributed by atoms with Crippen molar-refractivity contribution in [2.45, 2.75) is 6.18 Å².